The highest BCUT2D eigenvalue weighted by Gasteiger charge is 2.10. The molecule has 3 nitrogen and oxygen atoms in total. The number of imidazole rings is 1. The van der Waals surface area contributed by atoms with Gasteiger partial charge < -0.3 is 9.88 Å². The van der Waals surface area contributed by atoms with E-state index in [0.717, 1.165) is 11.4 Å². The molecule has 0 aliphatic heterocycles. The second kappa shape index (κ2) is 5.74. The van der Waals surface area contributed by atoms with Crippen LogP contribution in [0.15, 0.2) is 30.6 Å². The number of aromatic nitrogens is 2. The van der Waals surface area contributed by atoms with Crippen molar-refractivity contribution in [2.45, 2.75) is 19.5 Å². The zero-order chi connectivity index (χ0) is 13.1. The molecule has 5 heteroatoms. The third kappa shape index (κ3) is 3.05. The summed E-state index contributed by atoms with van der Waals surface area (Å²) >= 11 is 12.1. The van der Waals surface area contributed by atoms with E-state index in [1.807, 2.05) is 29.9 Å². The van der Waals surface area contributed by atoms with E-state index in [9.17, 15) is 0 Å². The molecule has 1 atom stereocenters. The van der Waals surface area contributed by atoms with Crippen molar-refractivity contribution in [1.82, 2.24) is 14.9 Å². The monoisotopic (exact) mass is 283 g/mol. The SMILES string of the molecule is CC(NCc1nccn1C)c1ccc(Cl)cc1Cl. The Hall–Kier alpha value is -1.03. The first kappa shape index (κ1) is 13.4. The van der Waals surface area contributed by atoms with E-state index in [-0.39, 0.29) is 6.04 Å². The van der Waals surface area contributed by atoms with Gasteiger partial charge in [-0.1, -0.05) is 29.3 Å². The minimum absolute atomic E-state index is 0.145. The van der Waals surface area contributed by atoms with Crippen LogP contribution in [0.4, 0.5) is 0 Å². The maximum Gasteiger partial charge on any atom is 0.122 e. The zero-order valence-electron chi connectivity index (χ0n) is 10.3. The van der Waals surface area contributed by atoms with E-state index in [4.69, 9.17) is 23.2 Å². The second-order valence-corrected chi connectivity index (χ2v) is 5.07. The highest BCUT2D eigenvalue weighted by atomic mass is 35.5. The van der Waals surface area contributed by atoms with Gasteiger partial charge in [0.15, 0.2) is 0 Å². The summed E-state index contributed by atoms with van der Waals surface area (Å²) in [5.74, 6) is 0.993. The Labute approximate surface area is 117 Å². The van der Waals surface area contributed by atoms with Crippen molar-refractivity contribution in [2.24, 2.45) is 7.05 Å². The fourth-order valence-electron chi connectivity index (χ4n) is 1.77. The Balaban J connectivity index is 2.03. The molecule has 0 fully saturated rings. The average molecular weight is 284 g/mol. The molecule has 2 rings (SSSR count). The number of hydrogen-bond acceptors (Lipinski definition) is 2. The molecule has 96 valence electrons. The predicted molar refractivity (Wildman–Crippen MR) is 74.9 cm³/mol. The van der Waals surface area contributed by atoms with Gasteiger partial charge in [0.05, 0.1) is 6.54 Å². The van der Waals surface area contributed by atoms with E-state index >= 15 is 0 Å². The van der Waals surface area contributed by atoms with E-state index in [1.165, 1.54) is 0 Å². The molecular weight excluding hydrogens is 269 g/mol. The van der Waals surface area contributed by atoms with Crippen LogP contribution < -0.4 is 5.32 Å². The largest absolute Gasteiger partial charge is 0.337 e. The fraction of sp³-hybridized carbons (Fsp3) is 0.308. The maximum atomic E-state index is 6.17. The van der Waals surface area contributed by atoms with Gasteiger partial charge >= 0.3 is 0 Å². The number of nitrogens with zero attached hydrogens (tertiary/aromatic N) is 2. The highest BCUT2D eigenvalue weighted by Crippen LogP contribution is 2.26. The van der Waals surface area contributed by atoms with Crippen molar-refractivity contribution < 1.29 is 0 Å². The third-order valence-corrected chi connectivity index (χ3v) is 3.48. The number of benzene rings is 1. The summed E-state index contributed by atoms with van der Waals surface area (Å²) in [6, 6.07) is 5.70. The predicted octanol–water partition coefficient (Wildman–Crippen LogP) is 3.58. The number of nitrogens with one attached hydrogen (secondary N) is 1. The first-order valence-corrected chi connectivity index (χ1v) is 6.48. The van der Waals surface area contributed by atoms with Gasteiger partial charge in [0.1, 0.15) is 5.82 Å². The lowest BCUT2D eigenvalue weighted by atomic mass is 10.1. The van der Waals surface area contributed by atoms with Crippen molar-refractivity contribution in [1.29, 1.82) is 0 Å². The molecule has 0 spiro atoms. The van der Waals surface area contributed by atoms with Gasteiger partial charge in [-0.25, -0.2) is 4.98 Å². The fourth-order valence-corrected chi connectivity index (χ4v) is 2.35. The Bertz CT molecular complexity index is 537. The van der Waals surface area contributed by atoms with Crippen molar-refractivity contribution in [3.05, 3.63) is 52.0 Å². The summed E-state index contributed by atoms with van der Waals surface area (Å²) in [6.45, 7) is 2.77. The molecular formula is C13H15Cl2N3. The van der Waals surface area contributed by atoms with Gasteiger partial charge in [0.25, 0.3) is 0 Å². The van der Waals surface area contributed by atoms with Crippen molar-refractivity contribution in [3.63, 3.8) is 0 Å². The molecule has 0 aliphatic rings. The average Bonchev–Trinajstić information content (AvgIpc) is 2.72. The van der Waals surface area contributed by atoms with Crippen LogP contribution in [0.1, 0.15) is 24.4 Å². The first-order chi connectivity index (χ1) is 8.58. The summed E-state index contributed by atoms with van der Waals surface area (Å²) in [5, 5.41) is 4.73. The minimum Gasteiger partial charge on any atom is -0.337 e. The lowest BCUT2D eigenvalue weighted by molar-refractivity contribution is 0.549. The summed E-state index contributed by atoms with van der Waals surface area (Å²) in [4.78, 5) is 4.26. The minimum atomic E-state index is 0.145. The molecule has 0 amide bonds. The van der Waals surface area contributed by atoms with Gasteiger partial charge in [-0.3, -0.25) is 0 Å². The molecule has 0 saturated carbocycles. The summed E-state index contributed by atoms with van der Waals surface area (Å²) in [6.07, 6.45) is 3.72. The van der Waals surface area contributed by atoms with Gasteiger partial charge in [-0.2, -0.15) is 0 Å². The van der Waals surface area contributed by atoms with Crippen LogP contribution in [-0.2, 0) is 13.6 Å². The standard InChI is InChI=1S/C13H15Cl2N3/c1-9(11-4-3-10(14)7-12(11)15)17-8-13-16-5-6-18(13)2/h3-7,9,17H,8H2,1-2H3. The smallest absolute Gasteiger partial charge is 0.122 e. The first-order valence-electron chi connectivity index (χ1n) is 5.72. The molecule has 18 heavy (non-hydrogen) atoms. The maximum absolute atomic E-state index is 6.17. The van der Waals surface area contributed by atoms with Crippen LogP contribution in [0, 0.1) is 0 Å². The number of hydrogen-bond donors (Lipinski definition) is 1. The number of halogens is 2. The van der Waals surface area contributed by atoms with E-state index < -0.39 is 0 Å². The van der Waals surface area contributed by atoms with Gasteiger partial charge in [0.2, 0.25) is 0 Å². The topological polar surface area (TPSA) is 29.9 Å². The van der Waals surface area contributed by atoms with Gasteiger partial charge in [-0.05, 0) is 24.6 Å². The van der Waals surface area contributed by atoms with E-state index in [1.54, 1.807) is 12.3 Å². The van der Waals surface area contributed by atoms with Crippen molar-refractivity contribution in [3.8, 4) is 0 Å². The van der Waals surface area contributed by atoms with Crippen LogP contribution in [-0.4, -0.2) is 9.55 Å². The zero-order valence-corrected chi connectivity index (χ0v) is 11.8. The molecule has 1 aromatic heterocycles. The molecule has 0 bridgehead atoms. The van der Waals surface area contributed by atoms with E-state index in [0.29, 0.717) is 16.6 Å². The lowest BCUT2D eigenvalue weighted by Crippen LogP contribution is -2.20. The lowest BCUT2D eigenvalue weighted by Gasteiger charge is -2.15. The molecule has 0 aliphatic carbocycles. The van der Waals surface area contributed by atoms with Crippen LogP contribution in [0.2, 0.25) is 10.0 Å². The number of rotatable bonds is 4. The molecule has 1 unspecified atom stereocenters. The quantitative estimate of drug-likeness (QED) is 0.930. The second-order valence-electron chi connectivity index (χ2n) is 4.22. The van der Waals surface area contributed by atoms with Crippen molar-refractivity contribution >= 4 is 23.2 Å². The van der Waals surface area contributed by atoms with Crippen LogP contribution in [0.5, 0.6) is 0 Å². The normalized spacial score (nSPS) is 12.7. The van der Waals surface area contributed by atoms with Crippen molar-refractivity contribution in [2.75, 3.05) is 0 Å². The molecule has 0 radical (unpaired) electrons. The van der Waals surface area contributed by atoms with Gasteiger partial charge in [-0.15, -0.1) is 0 Å². The summed E-state index contributed by atoms with van der Waals surface area (Å²) in [7, 11) is 1.98. The molecule has 1 aromatic carbocycles. The van der Waals surface area contributed by atoms with Crippen LogP contribution >= 0.6 is 23.2 Å². The Morgan fingerprint density at radius 2 is 2.17 bits per heavy atom. The van der Waals surface area contributed by atoms with Crippen LogP contribution in [0.3, 0.4) is 0 Å². The number of aryl methyl sites for hydroxylation is 1. The Kier molecular flexibility index (Phi) is 4.27. The van der Waals surface area contributed by atoms with Gasteiger partial charge in [0, 0.05) is 35.5 Å². The molecule has 1 N–H and O–H groups in total. The van der Waals surface area contributed by atoms with E-state index in [2.05, 4.69) is 17.2 Å². The highest BCUT2D eigenvalue weighted by molar-refractivity contribution is 6.35. The molecule has 0 saturated heterocycles. The Morgan fingerprint density at radius 3 is 2.78 bits per heavy atom. The summed E-state index contributed by atoms with van der Waals surface area (Å²) < 4.78 is 1.99. The van der Waals surface area contributed by atoms with Crippen LogP contribution in [0.25, 0.3) is 0 Å². The third-order valence-electron chi connectivity index (χ3n) is 2.92. The molecule has 1 heterocycles. The summed E-state index contributed by atoms with van der Waals surface area (Å²) in [5.41, 5.74) is 1.04. The Morgan fingerprint density at radius 1 is 1.39 bits per heavy atom. The molecule has 2 aromatic rings.